The number of hydrogen-bond acceptors (Lipinski definition) is 3. The lowest BCUT2D eigenvalue weighted by molar-refractivity contribution is 0.821. The Morgan fingerprint density at radius 1 is 1.43 bits per heavy atom. The first-order valence-corrected chi connectivity index (χ1v) is 4.43. The van der Waals surface area contributed by atoms with Gasteiger partial charge in [-0.1, -0.05) is 12.1 Å². The first kappa shape index (κ1) is 8.74. The van der Waals surface area contributed by atoms with E-state index in [-0.39, 0.29) is 0 Å². The van der Waals surface area contributed by atoms with Crippen LogP contribution < -0.4 is 5.73 Å². The zero-order valence-corrected chi connectivity index (χ0v) is 8.01. The summed E-state index contributed by atoms with van der Waals surface area (Å²) in [5, 5.41) is 7.83. The third kappa shape index (κ3) is 1.74. The highest BCUT2D eigenvalue weighted by atomic mass is 15.2. The van der Waals surface area contributed by atoms with E-state index in [4.69, 9.17) is 5.73 Å². The Morgan fingerprint density at radius 3 is 2.93 bits per heavy atom. The SMILES string of the molecule is Cn1cnnc1Cc1cccc(N)c1. The Morgan fingerprint density at radius 2 is 2.29 bits per heavy atom. The molecule has 2 aromatic rings. The fourth-order valence-corrected chi connectivity index (χ4v) is 1.35. The third-order valence-corrected chi connectivity index (χ3v) is 2.12. The van der Waals surface area contributed by atoms with Gasteiger partial charge in [-0.2, -0.15) is 0 Å². The van der Waals surface area contributed by atoms with Crippen molar-refractivity contribution in [2.24, 2.45) is 7.05 Å². The minimum Gasteiger partial charge on any atom is -0.399 e. The van der Waals surface area contributed by atoms with Crippen molar-refractivity contribution >= 4 is 5.69 Å². The van der Waals surface area contributed by atoms with Gasteiger partial charge in [0.25, 0.3) is 0 Å². The Labute approximate surface area is 82.4 Å². The molecule has 0 radical (unpaired) electrons. The topological polar surface area (TPSA) is 56.7 Å². The minimum absolute atomic E-state index is 0.765. The van der Waals surface area contributed by atoms with Crippen LogP contribution in [0.25, 0.3) is 0 Å². The number of hydrogen-bond donors (Lipinski definition) is 1. The number of rotatable bonds is 2. The van der Waals surface area contributed by atoms with Crippen molar-refractivity contribution in [2.75, 3.05) is 5.73 Å². The standard InChI is InChI=1S/C10H12N4/c1-14-7-12-13-10(14)6-8-3-2-4-9(11)5-8/h2-5,7H,6,11H2,1H3. The average molecular weight is 188 g/mol. The molecule has 72 valence electrons. The van der Waals surface area contributed by atoms with Gasteiger partial charge in [0.05, 0.1) is 0 Å². The summed E-state index contributed by atoms with van der Waals surface area (Å²) in [6.07, 6.45) is 2.46. The van der Waals surface area contributed by atoms with Crippen molar-refractivity contribution in [3.05, 3.63) is 42.0 Å². The molecule has 1 aromatic carbocycles. The van der Waals surface area contributed by atoms with Crippen LogP contribution in [0.5, 0.6) is 0 Å². The van der Waals surface area contributed by atoms with Crippen LogP contribution in [0.1, 0.15) is 11.4 Å². The molecule has 2 rings (SSSR count). The van der Waals surface area contributed by atoms with Crippen molar-refractivity contribution in [3.8, 4) is 0 Å². The Kier molecular flexibility index (Phi) is 2.18. The van der Waals surface area contributed by atoms with Crippen molar-refractivity contribution in [1.29, 1.82) is 0 Å². The number of nitrogen functional groups attached to an aromatic ring is 1. The highest BCUT2D eigenvalue weighted by Crippen LogP contribution is 2.10. The van der Waals surface area contributed by atoms with E-state index >= 15 is 0 Å². The van der Waals surface area contributed by atoms with E-state index in [1.165, 1.54) is 0 Å². The first-order chi connectivity index (χ1) is 6.75. The van der Waals surface area contributed by atoms with Crippen LogP contribution in [0.3, 0.4) is 0 Å². The van der Waals surface area contributed by atoms with E-state index in [0.29, 0.717) is 0 Å². The van der Waals surface area contributed by atoms with Crippen LogP contribution in [-0.2, 0) is 13.5 Å². The summed E-state index contributed by atoms with van der Waals surface area (Å²) in [4.78, 5) is 0. The molecule has 4 nitrogen and oxygen atoms in total. The van der Waals surface area contributed by atoms with Crippen LogP contribution in [0.15, 0.2) is 30.6 Å². The van der Waals surface area contributed by atoms with Gasteiger partial charge in [-0.05, 0) is 17.7 Å². The minimum atomic E-state index is 0.765. The van der Waals surface area contributed by atoms with E-state index in [1.54, 1.807) is 6.33 Å². The number of nitrogens with two attached hydrogens (primary N) is 1. The van der Waals surface area contributed by atoms with Gasteiger partial charge in [0.1, 0.15) is 12.2 Å². The van der Waals surface area contributed by atoms with Gasteiger partial charge in [-0.15, -0.1) is 10.2 Å². The van der Waals surface area contributed by atoms with Crippen molar-refractivity contribution in [1.82, 2.24) is 14.8 Å². The maximum atomic E-state index is 5.68. The van der Waals surface area contributed by atoms with Crippen molar-refractivity contribution in [3.63, 3.8) is 0 Å². The molecule has 4 heteroatoms. The molecule has 1 aromatic heterocycles. The van der Waals surface area contributed by atoms with Crippen molar-refractivity contribution < 1.29 is 0 Å². The molecule has 0 aliphatic carbocycles. The monoisotopic (exact) mass is 188 g/mol. The van der Waals surface area contributed by atoms with Gasteiger partial charge in [0, 0.05) is 19.2 Å². The predicted molar refractivity (Wildman–Crippen MR) is 54.7 cm³/mol. The van der Waals surface area contributed by atoms with Gasteiger partial charge < -0.3 is 10.3 Å². The molecule has 1 heterocycles. The van der Waals surface area contributed by atoms with Gasteiger partial charge in [0.2, 0.25) is 0 Å². The molecule has 0 aliphatic heterocycles. The summed E-state index contributed by atoms with van der Waals surface area (Å²) < 4.78 is 1.91. The lowest BCUT2D eigenvalue weighted by Crippen LogP contribution is -1.98. The molecule has 0 saturated heterocycles. The average Bonchev–Trinajstić information content (AvgIpc) is 2.52. The van der Waals surface area contributed by atoms with Crippen LogP contribution in [0, 0.1) is 0 Å². The zero-order valence-electron chi connectivity index (χ0n) is 8.01. The molecule has 0 aliphatic rings. The second kappa shape index (κ2) is 3.49. The number of aryl methyl sites for hydroxylation is 1. The van der Waals surface area contributed by atoms with E-state index in [0.717, 1.165) is 23.5 Å². The fraction of sp³-hybridized carbons (Fsp3) is 0.200. The number of aromatic nitrogens is 3. The number of benzene rings is 1. The molecular formula is C10H12N4. The van der Waals surface area contributed by atoms with Crippen LogP contribution >= 0.6 is 0 Å². The van der Waals surface area contributed by atoms with Gasteiger partial charge in [-0.25, -0.2) is 0 Å². The van der Waals surface area contributed by atoms with E-state index < -0.39 is 0 Å². The lowest BCUT2D eigenvalue weighted by Gasteiger charge is -2.01. The Balaban J connectivity index is 2.23. The second-order valence-electron chi connectivity index (χ2n) is 3.28. The first-order valence-electron chi connectivity index (χ1n) is 4.43. The third-order valence-electron chi connectivity index (χ3n) is 2.12. The summed E-state index contributed by atoms with van der Waals surface area (Å²) in [7, 11) is 1.93. The second-order valence-corrected chi connectivity index (χ2v) is 3.28. The summed E-state index contributed by atoms with van der Waals surface area (Å²) in [5.74, 6) is 0.940. The molecule has 0 amide bonds. The van der Waals surface area contributed by atoms with E-state index in [2.05, 4.69) is 10.2 Å². The zero-order chi connectivity index (χ0) is 9.97. The quantitative estimate of drug-likeness (QED) is 0.715. The summed E-state index contributed by atoms with van der Waals surface area (Å²) in [6, 6.07) is 7.81. The largest absolute Gasteiger partial charge is 0.399 e. The predicted octanol–water partition coefficient (Wildman–Crippen LogP) is 0.988. The molecule has 0 saturated carbocycles. The van der Waals surface area contributed by atoms with Gasteiger partial charge in [-0.3, -0.25) is 0 Å². The normalized spacial score (nSPS) is 10.4. The Bertz CT molecular complexity index is 433. The molecular weight excluding hydrogens is 176 g/mol. The van der Waals surface area contributed by atoms with E-state index in [9.17, 15) is 0 Å². The van der Waals surface area contributed by atoms with Crippen LogP contribution in [0.4, 0.5) is 5.69 Å². The summed E-state index contributed by atoms with van der Waals surface area (Å²) >= 11 is 0. The van der Waals surface area contributed by atoms with E-state index in [1.807, 2.05) is 35.9 Å². The maximum Gasteiger partial charge on any atom is 0.136 e. The van der Waals surface area contributed by atoms with Gasteiger partial charge >= 0.3 is 0 Å². The van der Waals surface area contributed by atoms with Gasteiger partial charge in [0.15, 0.2) is 0 Å². The highest BCUT2D eigenvalue weighted by molar-refractivity contribution is 5.41. The molecule has 0 spiro atoms. The summed E-state index contributed by atoms with van der Waals surface area (Å²) in [6.45, 7) is 0. The van der Waals surface area contributed by atoms with Crippen molar-refractivity contribution in [2.45, 2.75) is 6.42 Å². The number of nitrogens with zero attached hydrogens (tertiary/aromatic N) is 3. The molecule has 0 fully saturated rings. The summed E-state index contributed by atoms with van der Waals surface area (Å²) in [5.41, 5.74) is 7.62. The molecule has 14 heavy (non-hydrogen) atoms. The Hall–Kier alpha value is -1.84. The number of anilines is 1. The lowest BCUT2D eigenvalue weighted by atomic mass is 10.1. The smallest absolute Gasteiger partial charge is 0.136 e. The maximum absolute atomic E-state index is 5.68. The molecule has 0 unspecified atom stereocenters. The molecule has 0 atom stereocenters. The fourth-order valence-electron chi connectivity index (χ4n) is 1.35. The molecule has 2 N–H and O–H groups in total. The van der Waals surface area contributed by atoms with Crippen LogP contribution in [0.2, 0.25) is 0 Å². The molecule has 0 bridgehead atoms. The highest BCUT2D eigenvalue weighted by Gasteiger charge is 2.01. The van der Waals surface area contributed by atoms with Crippen LogP contribution in [-0.4, -0.2) is 14.8 Å².